The number of methoxy groups -OCH3 is 1. The number of carbonyl (C=O) groups excluding carboxylic acids is 2. The molecule has 2 fully saturated rings. The Labute approximate surface area is 289 Å². The highest BCUT2D eigenvalue weighted by molar-refractivity contribution is 5.98. The fraction of sp³-hybridized carbons (Fsp3) is 0.308. The maximum absolute atomic E-state index is 15.4. The molecule has 258 valence electrons. The number of alkyl carbamates (subject to hydrolysis) is 1. The molecule has 2 N–H and O–H groups in total. The minimum atomic E-state index is -1.38. The van der Waals surface area contributed by atoms with E-state index in [1.807, 2.05) is 18.2 Å². The van der Waals surface area contributed by atoms with Crippen molar-refractivity contribution in [3.05, 3.63) is 131 Å². The zero-order valence-corrected chi connectivity index (χ0v) is 27.5. The average Bonchev–Trinajstić information content (AvgIpc) is 3.56. The predicted molar refractivity (Wildman–Crippen MR) is 181 cm³/mol. The summed E-state index contributed by atoms with van der Waals surface area (Å²) in [6.45, 7) is 2.02. The first-order valence-corrected chi connectivity index (χ1v) is 16.5. The number of nitrogens with one attached hydrogen (secondary N) is 2. The van der Waals surface area contributed by atoms with E-state index in [0.29, 0.717) is 17.7 Å². The van der Waals surface area contributed by atoms with Crippen molar-refractivity contribution in [1.29, 1.82) is 0 Å². The summed E-state index contributed by atoms with van der Waals surface area (Å²) < 4.78 is 54.7. The molecule has 2 atom stereocenters. The second-order valence-electron chi connectivity index (χ2n) is 12.6. The lowest BCUT2D eigenvalue weighted by atomic mass is 9.84. The van der Waals surface area contributed by atoms with Crippen molar-refractivity contribution < 1.29 is 32.2 Å². The SMILES string of the molecule is COC(=O)NC(C(=O)Nc1cncc(F)c1C#C[C@@H]1CN(Cc2ccccc2)CC2(CCCC2)O1)C(c1ccc(F)cc1)c1ccc(F)cc1. The van der Waals surface area contributed by atoms with E-state index in [4.69, 9.17) is 9.47 Å². The van der Waals surface area contributed by atoms with Gasteiger partial charge in [-0.15, -0.1) is 0 Å². The third kappa shape index (κ3) is 8.33. The van der Waals surface area contributed by atoms with Gasteiger partial charge in [0.1, 0.15) is 23.8 Å². The lowest BCUT2D eigenvalue weighted by Crippen LogP contribution is -2.53. The number of hydrogen-bond donors (Lipinski definition) is 2. The molecule has 2 heterocycles. The van der Waals surface area contributed by atoms with Crippen LogP contribution in [0.1, 0.15) is 53.9 Å². The third-order valence-electron chi connectivity index (χ3n) is 9.14. The molecule has 8 nitrogen and oxygen atoms in total. The molecule has 1 aliphatic carbocycles. The van der Waals surface area contributed by atoms with Gasteiger partial charge in [-0.05, 0) is 53.8 Å². The first kappa shape index (κ1) is 34.7. The molecule has 3 aromatic carbocycles. The Morgan fingerprint density at radius 1 is 0.960 bits per heavy atom. The van der Waals surface area contributed by atoms with E-state index >= 15 is 4.39 Å². The Bertz CT molecular complexity index is 1810. The smallest absolute Gasteiger partial charge is 0.407 e. The molecule has 1 saturated carbocycles. The van der Waals surface area contributed by atoms with Gasteiger partial charge in [0.25, 0.3) is 0 Å². The molecular weight excluding hydrogens is 645 g/mol. The first-order chi connectivity index (χ1) is 24.2. The van der Waals surface area contributed by atoms with Gasteiger partial charge >= 0.3 is 6.09 Å². The quantitative estimate of drug-likeness (QED) is 0.205. The van der Waals surface area contributed by atoms with Crippen LogP contribution in [0.5, 0.6) is 0 Å². The van der Waals surface area contributed by atoms with Crippen molar-refractivity contribution in [3.63, 3.8) is 0 Å². The molecule has 1 spiro atoms. The summed E-state index contributed by atoms with van der Waals surface area (Å²) in [4.78, 5) is 32.9. The van der Waals surface area contributed by atoms with Crippen LogP contribution in [0.15, 0.2) is 91.3 Å². The molecule has 2 aliphatic rings. The summed E-state index contributed by atoms with van der Waals surface area (Å²) in [5.41, 5.74) is 1.61. The van der Waals surface area contributed by atoms with Gasteiger partial charge in [0.2, 0.25) is 5.91 Å². The van der Waals surface area contributed by atoms with Crippen molar-refractivity contribution >= 4 is 17.7 Å². The van der Waals surface area contributed by atoms with Crippen LogP contribution in [0.25, 0.3) is 0 Å². The van der Waals surface area contributed by atoms with E-state index < -0.39 is 47.5 Å². The van der Waals surface area contributed by atoms with Crippen molar-refractivity contribution in [1.82, 2.24) is 15.2 Å². The van der Waals surface area contributed by atoms with Crippen LogP contribution in [0.3, 0.4) is 0 Å². The van der Waals surface area contributed by atoms with E-state index in [2.05, 4.69) is 44.5 Å². The van der Waals surface area contributed by atoms with Crippen molar-refractivity contribution in [2.24, 2.45) is 0 Å². The molecule has 1 unspecified atom stereocenters. The second-order valence-corrected chi connectivity index (χ2v) is 12.6. The number of benzene rings is 3. The number of carbonyl (C=O) groups is 2. The summed E-state index contributed by atoms with van der Waals surface area (Å²) >= 11 is 0. The van der Waals surface area contributed by atoms with E-state index in [9.17, 15) is 18.4 Å². The molecule has 6 rings (SSSR count). The van der Waals surface area contributed by atoms with Crippen LogP contribution in [0, 0.1) is 29.3 Å². The van der Waals surface area contributed by atoms with E-state index in [1.54, 1.807) is 0 Å². The molecule has 1 aromatic heterocycles. The van der Waals surface area contributed by atoms with Crippen LogP contribution in [0.4, 0.5) is 23.7 Å². The maximum Gasteiger partial charge on any atom is 0.407 e. The molecule has 0 radical (unpaired) electrons. The lowest BCUT2D eigenvalue weighted by molar-refractivity contribution is -0.133. The Balaban J connectivity index is 1.30. The van der Waals surface area contributed by atoms with Crippen LogP contribution in [-0.2, 0) is 20.8 Å². The summed E-state index contributed by atoms with van der Waals surface area (Å²) in [5.74, 6) is 2.57. The Hall–Kier alpha value is -5.18. The number of pyridine rings is 1. The number of aromatic nitrogens is 1. The predicted octanol–water partition coefficient (Wildman–Crippen LogP) is 6.56. The van der Waals surface area contributed by atoms with Crippen LogP contribution >= 0.6 is 0 Å². The second kappa shape index (κ2) is 15.6. The molecule has 0 bridgehead atoms. The Morgan fingerprint density at radius 2 is 1.60 bits per heavy atom. The number of rotatable bonds is 8. The minimum Gasteiger partial charge on any atom is -0.453 e. The van der Waals surface area contributed by atoms with Crippen LogP contribution in [0.2, 0.25) is 0 Å². The van der Waals surface area contributed by atoms with E-state index in [0.717, 1.165) is 52.1 Å². The molecule has 2 amide bonds. The molecule has 1 aliphatic heterocycles. The molecule has 4 aromatic rings. The highest BCUT2D eigenvalue weighted by Crippen LogP contribution is 2.38. The highest BCUT2D eigenvalue weighted by atomic mass is 19.1. The van der Waals surface area contributed by atoms with Gasteiger partial charge in [0.15, 0.2) is 5.82 Å². The zero-order chi connectivity index (χ0) is 35.1. The Kier molecular flexibility index (Phi) is 10.8. The largest absolute Gasteiger partial charge is 0.453 e. The highest BCUT2D eigenvalue weighted by Gasteiger charge is 2.42. The van der Waals surface area contributed by atoms with Gasteiger partial charge in [0.05, 0.1) is 36.4 Å². The minimum absolute atomic E-state index is 0.0244. The number of halogens is 3. The van der Waals surface area contributed by atoms with Gasteiger partial charge in [-0.1, -0.05) is 79.3 Å². The number of ether oxygens (including phenoxy) is 2. The first-order valence-electron chi connectivity index (χ1n) is 16.5. The van der Waals surface area contributed by atoms with Gasteiger partial charge < -0.3 is 20.1 Å². The number of nitrogens with zero attached hydrogens (tertiary/aromatic N) is 2. The summed E-state index contributed by atoms with van der Waals surface area (Å²) in [7, 11) is 1.14. The van der Waals surface area contributed by atoms with E-state index in [-0.39, 0.29) is 16.9 Å². The third-order valence-corrected chi connectivity index (χ3v) is 9.14. The van der Waals surface area contributed by atoms with Crippen molar-refractivity contribution in [2.45, 2.75) is 55.9 Å². The van der Waals surface area contributed by atoms with Gasteiger partial charge in [-0.25, -0.2) is 18.0 Å². The molecule has 1 saturated heterocycles. The lowest BCUT2D eigenvalue weighted by Gasteiger charge is -2.43. The fourth-order valence-electron chi connectivity index (χ4n) is 6.84. The summed E-state index contributed by atoms with van der Waals surface area (Å²) in [6, 6.07) is 19.5. The summed E-state index contributed by atoms with van der Waals surface area (Å²) in [6.07, 6.45) is 4.79. The van der Waals surface area contributed by atoms with Crippen LogP contribution in [-0.4, -0.2) is 59.8 Å². The maximum atomic E-state index is 15.4. The van der Waals surface area contributed by atoms with E-state index in [1.165, 1.54) is 60.3 Å². The topological polar surface area (TPSA) is 92.8 Å². The van der Waals surface area contributed by atoms with Crippen molar-refractivity contribution in [3.8, 4) is 11.8 Å². The number of amides is 2. The number of morpholine rings is 1. The standard InChI is InChI=1S/C39H37F3N4O4/c1-49-38(48)45-36(35(27-9-13-29(40)14-10-27)28-11-15-30(41)16-12-28)37(47)44-34-22-43-21-33(42)32(34)18-17-31-24-46(23-26-7-3-2-4-8-26)25-39(50-31)19-5-6-20-39/h2-4,7-16,21-22,31,35-36H,5-6,19-20,23-25H2,1H3,(H,44,47)(H,45,48)/t31-,36?/m1/s1. The Morgan fingerprint density at radius 3 is 2.22 bits per heavy atom. The molecule has 50 heavy (non-hydrogen) atoms. The van der Waals surface area contributed by atoms with Gasteiger partial charge in [-0.2, -0.15) is 0 Å². The van der Waals surface area contributed by atoms with Gasteiger partial charge in [0, 0.05) is 25.6 Å². The summed E-state index contributed by atoms with van der Waals surface area (Å²) in [5, 5.41) is 5.23. The zero-order valence-electron chi connectivity index (χ0n) is 27.5. The van der Waals surface area contributed by atoms with Crippen molar-refractivity contribution in [2.75, 3.05) is 25.5 Å². The monoisotopic (exact) mass is 682 g/mol. The number of anilines is 1. The molecular formula is C39H37F3N4O4. The van der Waals surface area contributed by atoms with Gasteiger partial charge in [-0.3, -0.25) is 14.7 Å². The van der Waals surface area contributed by atoms with Crippen LogP contribution < -0.4 is 10.6 Å². The molecule has 11 heteroatoms. The average molecular weight is 683 g/mol. The normalized spacial score (nSPS) is 17.5. The number of hydrogen-bond acceptors (Lipinski definition) is 6. The fourth-order valence-corrected chi connectivity index (χ4v) is 6.84.